The van der Waals surface area contributed by atoms with Crippen LogP contribution >= 0.6 is 0 Å². The average molecular weight is 321 g/mol. The Morgan fingerprint density at radius 2 is 1.96 bits per heavy atom. The van der Waals surface area contributed by atoms with E-state index < -0.39 is 0 Å². The van der Waals surface area contributed by atoms with Gasteiger partial charge in [-0.25, -0.2) is 4.99 Å². The van der Waals surface area contributed by atoms with Crippen LogP contribution in [0.4, 0.5) is 11.4 Å². The average Bonchev–Trinajstić information content (AvgIpc) is 3.08. The van der Waals surface area contributed by atoms with Crippen molar-refractivity contribution >= 4 is 17.2 Å². The highest BCUT2D eigenvalue weighted by atomic mass is 16.1. The topological polar surface area (TPSA) is 107 Å². The van der Waals surface area contributed by atoms with Crippen molar-refractivity contribution in [1.29, 1.82) is 5.26 Å². The number of hydrogen-bond acceptors (Lipinski definition) is 4. The van der Waals surface area contributed by atoms with E-state index in [1.165, 1.54) is 12.8 Å². The predicted molar refractivity (Wildman–Crippen MR) is 94.5 cm³/mol. The normalized spacial score (nSPS) is 15.2. The predicted octanol–water partition coefficient (Wildman–Crippen LogP) is 2.64. The molecule has 2 aromatic rings. The highest BCUT2D eigenvalue weighted by Gasteiger charge is 2.18. The fraction of sp³-hybridized carbons (Fsp3) is 0.278. The van der Waals surface area contributed by atoms with Crippen LogP contribution in [0.5, 0.6) is 0 Å². The molecule has 0 radical (unpaired) electrons. The Bertz CT molecular complexity index is 839. The summed E-state index contributed by atoms with van der Waals surface area (Å²) in [5.74, 6) is 0.155. The summed E-state index contributed by atoms with van der Waals surface area (Å²) >= 11 is 0. The Balaban J connectivity index is 1.92. The molecule has 1 aromatic carbocycles. The lowest BCUT2D eigenvalue weighted by Gasteiger charge is -2.16. The number of aromatic amines is 1. The smallest absolute Gasteiger partial charge is 0.261 e. The van der Waals surface area contributed by atoms with Crippen LogP contribution in [0.25, 0.3) is 0 Å². The van der Waals surface area contributed by atoms with Crippen LogP contribution in [0.2, 0.25) is 0 Å². The monoisotopic (exact) mass is 321 g/mol. The van der Waals surface area contributed by atoms with Gasteiger partial charge in [-0.3, -0.25) is 4.79 Å². The highest BCUT2D eigenvalue weighted by Crippen LogP contribution is 2.23. The summed E-state index contributed by atoms with van der Waals surface area (Å²) in [4.78, 5) is 19.2. The standard InChI is InChI=1S/C18H19N5O/c19-11-12-5-7-14(8-6-12)23-17(20)16-15(9-10-21-18(16)24)22-13-3-1-2-4-13/h5-10,13H,1-4H2,(H2,20,23)(H2,21,22,24). The molecule has 4 N–H and O–H groups in total. The third kappa shape index (κ3) is 3.46. The van der Waals surface area contributed by atoms with Gasteiger partial charge in [-0.05, 0) is 43.2 Å². The van der Waals surface area contributed by atoms with Crippen molar-refractivity contribution in [1.82, 2.24) is 4.98 Å². The lowest BCUT2D eigenvalue weighted by Crippen LogP contribution is -2.28. The summed E-state index contributed by atoms with van der Waals surface area (Å²) in [7, 11) is 0. The summed E-state index contributed by atoms with van der Waals surface area (Å²) in [6.07, 6.45) is 6.20. The minimum atomic E-state index is -0.270. The SMILES string of the molecule is N#Cc1ccc(N=C(N)c2c(NC3CCCC3)cc[nH]c2=O)cc1. The van der Waals surface area contributed by atoms with Gasteiger partial charge in [0.2, 0.25) is 0 Å². The number of aromatic nitrogens is 1. The quantitative estimate of drug-likeness (QED) is 0.594. The molecule has 1 heterocycles. The minimum absolute atomic E-state index is 0.155. The maximum atomic E-state index is 12.2. The van der Waals surface area contributed by atoms with Gasteiger partial charge in [-0.1, -0.05) is 12.8 Å². The number of nitrogens with zero attached hydrogens (tertiary/aromatic N) is 2. The molecule has 1 aliphatic rings. The van der Waals surface area contributed by atoms with Crippen molar-refractivity contribution in [3.63, 3.8) is 0 Å². The number of benzene rings is 1. The van der Waals surface area contributed by atoms with Crippen molar-refractivity contribution in [2.24, 2.45) is 10.7 Å². The maximum Gasteiger partial charge on any atom is 0.261 e. The Morgan fingerprint density at radius 1 is 1.25 bits per heavy atom. The summed E-state index contributed by atoms with van der Waals surface area (Å²) in [5.41, 5.74) is 8.04. The summed E-state index contributed by atoms with van der Waals surface area (Å²) < 4.78 is 0. The number of anilines is 1. The van der Waals surface area contributed by atoms with Gasteiger partial charge in [-0.2, -0.15) is 5.26 Å². The Kier molecular flexibility index (Phi) is 4.62. The van der Waals surface area contributed by atoms with Crippen molar-refractivity contribution < 1.29 is 0 Å². The number of rotatable bonds is 4. The van der Waals surface area contributed by atoms with Crippen LogP contribution < -0.4 is 16.6 Å². The molecule has 0 aliphatic heterocycles. The largest absolute Gasteiger partial charge is 0.383 e. The van der Waals surface area contributed by atoms with Crippen molar-refractivity contribution in [3.8, 4) is 6.07 Å². The minimum Gasteiger partial charge on any atom is -0.383 e. The molecule has 1 aliphatic carbocycles. The number of hydrogen-bond donors (Lipinski definition) is 3. The number of nitriles is 1. The van der Waals surface area contributed by atoms with Crippen LogP contribution in [0.3, 0.4) is 0 Å². The fourth-order valence-corrected chi connectivity index (χ4v) is 2.95. The lowest BCUT2D eigenvalue weighted by molar-refractivity contribution is 0.754. The molecule has 1 saturated carbocycles. The van der Waals surface area contributed by atoms with Gasteiger partial charge in [0.25, 0.3) is 5.56 Å². The number of nitrogens with one attached hydrogen (secondary N) is 2. The molecule has 0 amide bonds. The molecule has 24 heavy (non-hydrogen) atoms. The first kappa shape index (κ1) is 15.8. The number of pyridine rings is 1. The second kappa shape index (κ2) is 7.01. The van der Waals surface area contributed by atoms with Crippen LogP contribution in [0.15, 0.2) is 46.3 Å². The van der Waals surface area contributed by atoms with Crippen molar-refractivity contribution in [2.45, 2.75) is 31.7 Å². The molecule has 0 spiro atoms. The van der Waals surface area contributed by atoms with Gasteiger partial charge in [0.05, 0.1) is 23.0 Å². The molecular formula is C18H19N5O. The molecule has 3 rings (SSSR count). The molecule has 0 saturated heterocycles. The van der Waals surface area contributed by atoms with Gasteiger partial charge in [0.15, 0.2) is 0 Å². The molecule has 6 heteroatoms. The summed E-state index contributed by atoms with van der Waals surface area (Å²) in [5, 5.41) is 12.2. The van der Waals surface area contributed by atoms with Crippen LogP contribution in [-0.4, -0.2) is 16.9 Å². The van der Waals surface area contributed by atoms with Gasteiger partial charge >= 0.3 is 0 Å². The molecule has 0 unspecified atom stereocenters. The van der Waals surface area contributed by atoms with Crippen LogP contribution in [0, 0.1) is 11.3 Å². The zero-order valence-electron chi connectivity index (χ0n) is 13.2. The molecule has 122 valence electrons. The summed E-state index contributed by atoms with van der Waals surface area (Å²) in [6, 6.07) is 11.0. The molecule has 1 fully saturated rings. The summed E-state index contributed by atoms with van der Waals surface area (Å²) in [6.45, 7) is 0. The Morgan fingerprint density at radius 3 is 2.62 bits per heavy atom. The number of H-pyrrole nitrogens is 1. The first-order chi connectivity index (χ1) is 11.7. The Hall–Kier alpha value is -3.07. The van der Waals surface area contributed by atoms with Crippen molar-refractivity contribution in [2.75, 3.05) is 5.32 Å². The van der Waals surface area contributed by atoms with E-state index >= 15 is 0 Å². The van der Waals surface area contributed by atoms with E-state index in [1.54, 1.807) is 30.5 Å². The van der Waals surface area contributed by atoms with Crippen LogP contribution in [-0.2, 0) is 0 Å². The number of nitrogens with two attached hydrogens (primary N) is 1. The van der Waals surface area contributed by atoms with E-state index in [1.807, 2.05) is 6.07 Å². The maximum absolute atomic E-state index is 12.2. The second-order valence-corrected chi connectivity index (χ2v) is 5.88. The number of aliphatic imine (C=N–C) groups is 1. The van der Waals surface area contributed by atoms with E-state index in [0.29, 0.717) is 28.5 Å². The van der Waals surface area contributed by atoms with E-state index in [-0.39, 0.29) is 11.4 Å². The third-order valence-electron chi connectivity index (χ3n) is 4.18. The van der Waals surface area contributed by atoms with Gasteiger partial charge < -0.3 is 16.0 Å². The van der Waals surface area contributed by atoms with Crippen molar-refractivity contribution in [3.05, 3.63) is 58.0 Å². The lowest BCUT2D eigenvalue weighted by atomic mass is 10.1. The van der Waals surface area contributed by atoms with E-state index in [9.17, 15) is 4.79 Å². The van der Waals surface area contributed by atoms with Gasteiger partial charge in [0, 0.05) is 12.2 Å². The van der Waals surface area contributed by atoms with E-state index in [4.69, 9.17) is 11.0 Å². The Labute approximate surface area is 140 Å². The first-order valence-corrected chi connectivity index (χ1v) is 8.00. The fourth-order valence-electron chi connectivity index (χ4n) is 2.95. The molecular weight excluding hydrogens is 302 g/mol. The second-order valence-electron chi connectivity index (χ2n) is 5.88. The third-order valence-corrected chi connectivity index (χ3v) is 4.18. The van der Waals surface area contributed by atoms with Gasteiger partial charge in [-0.15, -0.1) is 0 Å². The zero-order chi connectivity index (χ0) is 16.9. The van der Waals surface area contributed by atoms with E-state index in [2.05, 4.69) is 21.4 Å². The molecule has 1 aromatic heterocycles. The molecule has 0 atom stereocenters. The highest BCUT2D eigenvalue weighted by molar-refractivity contribution is 6.03. The first-order valence-electron chi connectivity index (χ1n) is 8.00. The zero-order valence-corrected chi connectivity index (χ0v) is 13.2. The molecule has 0 bridgehead atoms. The van der Waals surface area contributed by atoms with E-state index in [0.717, 1.165) is 12.8 Å². The number of amidine groups is 1. The van der Waals surface area contributed by atoms with Gasteiger partial charge in [0.1, 0.15) is 11.4 Å². The molecule has 6 nitrogen and oxygen atoms in total. The van der Waals surface area contributed by atoms with Crippen LogP contribution in [0.1, 0.15) is 36.8 Å².